The molecule has 27 heteroatoms. The molecule has 1 atom stereocenters. The molecule has 0 radical (unpaired) electrons. The van der Waals surface area contributed by atoms with Gasteiger partial charge in [0.2, 0.25) is 5.78 Å². The Morgan fingerprint density at radius 3 is 0.924 bits per heavy atom. The van der Waals surface area contributed by atoms with Crippen LogP contribution < -0.4 is 21.9 Å². The molecule has 0 N–H and O–H groups in total. The number of Topliss-reactive ketones (excluding diaryl/α,β-unsaturated/α-hetero) is 1. The van der Waals surface area contributed by atoms with E-state index in [2.05, 4.69) is 0 Å². The zero-order valence-electron chi connectivity index (χ0n) is 31.5. The monoisotopic (exact) mass is 983 g/mol. The highest BCUT2D eigenvalue weighted by Crippen LogP contribution is 2.31. The van der Waals surface area contributed by atoms with Gasteiger partial charge in [-0.3, -0.25) is 14.9 Å². The lowest BCUT2D eigenvalue weighted by molar-refractivity contribution is -0.384. The fourth-order valence-electron chi connectivity index (χ4n) is 6.77. The summed E-state index contributed by atoms with van der Waals surface area (Å²) in [5.74, 6) is -71.7. The Morgan fingerprint density at radius 1 is 0.439 bits per heavy atom. The maximum Gasteiger partial charge on any atom is 0.269 e. The van der Waals surface area contributed by atoms with Crippen LogP contribution in [0.25, 0.3) is 0 Å². The van der Waals surface area contributed by atoms with E-state index < -0.39 is 159 Å². The molecule has 0 bridgehead atoms. The molecule has 6 rings (SSSR count). The zero-order chi connectivity index (χ0) is 49.8. The third-order valence-corrected chi connectivity index (χ3v) is 11.8. The summed E-state index contributed by atoms with van der Waals surface area (Å²) in [5, 5.41) is 10.6. The second kappa shape index (κ2) is 18.2. The predicted molar refractivity (Wildman–Crippen MR) is 190 cm³/mol. The number of hydrogen-bond donors (Lipinski definition) is 0. The number of nitro groups is 1. The molecule has 0 spiro atoms. The van der Waals surface area contributed by atoms with E-state index in [4.69, 9.17) is 0 Å². The van der Waals surface area contributed by atoms with Gasteiger partial charge in [0.15, 0.2) is 80.5 Å². The van der Waals surface area contributed by atoms with Gasteiger partial charge in [-0.15, -0.1) is 21.9 Å². The summed E-state index contributed by atoms with van der Waals surface area (Å²) in [5.41, 5.74) is -13.9. The number of non-ortho nitro benzene ring substituents is 1. The molecule has 0 fully saturated rings. The van der Waals surface area contributed by atoms with Crippen LogP contribution in [0.4, 0.5) is 93.5 Å². The SMILES string of the molecule is C[S+](=O)(CC(=O)c1ccccc1)c1ccc([N+](=O)[O-])cc1.Fc1c(F)c(F)c([B-](c2c(F)c(F)c(F)c(F)c2F)(c2c(F)c(F)c(F)c(F)c2F)c2c(F)c(F)c(F)c(F)c2F)c(F)c1F. The fraction of sp³-hybridized carbons (Fsp3) is 0.0513. The van der Waals surface area contributed by atoms with E-state index in [1.54, 1.807) is 30.3 Å². The number of rotatable bonds is 9. The third-order valence-electron chi connectivity index (χ3n) is 9.76. The summed E-state index contributed by atoms with van der Waals surface area (Å²) in [7, 11) is -2.57. The Morgan fingerprint density at radius 2 is 0.682 bits per heavy atom. The van der Waals surface area contributed by atoms with Gasteiger partial charge < -0.3 is 0 Å². The first-order valence-corrected chi connectivity index (χ1v) is 19.3. The lowest BCUT2D eigenvalue weighted by Crippen LogP contribution is -2.81. The first-order chi connectivity index (χ1) is 30.6. The number of hydrogen-bond acceptors (Lipinski definition) is 4. The van der Waals surface area contributed by atoms with Gasteiger partial charge in [-0.1, -0.05) is 34.5 Å². The molecule has 0 saturated heterocycles. The van der Waals surface area contributed by atoms with Crippen molar-refractivity contribution < 1.29 is 102 Å². The lowest BCUT2D eigenvalue weighted by atomic mass is 9.12. The Hall–Kier alpha value is -6.80. The summed E-state index contributed by atoms with van der Waals surface area (Å²) < 4.78 is 307. The van der Waals surface area contributed by atoms with E-state index in [1.807, 2.05) is 0 Å². The van der Waals surface area contributed by atoms with Crippen molar-refractivity contribution in [3.05, 3.63) is 187 Å². The number of benzene rings is 6. The Labute approximate surface area is 354 Å². The van der Waals surface area contributed by atoms with Gasteiger partial charge in [-0.25, -0.2) is 87.8 Å². The van der Waals surface area contributed by atoms with Crippen LogP contribution in [0.1, 0.15) is 10.4 Å². The van der Waals surface area contributed by atoms with Crippen LogP contribution in [0, 0.1) is 126 Å². The van der Waals surface area contributed by atoms with Gasteiger partial charge in [0, 0.05) is 17.7 Å². The summed E-state index contributed by atoms with van der Waals surface area (Å²) in [4.78, 5) is 22.7. The summed E-state index contributed by atoms with van der Waals surface area (Å²) >= 11 is 0. The molecule has 6 aromatic carbocycles. The highest BCUT2D eigenvalue weighted by Gasteiger charge is 2.52. The number of halogens is 20. The maximum atomic E-state index is 15.4. The van der Waals surface area contributed by atoms with Crippen LogP contribution in [0.2, 0.25) is 0 Å². The second-order valence-corrected chi connectivity index (χ2v) is 16.3. The molecule has 0 amide bonds. The van der Waals surface area contributed by atoms with Crippen molar-refractivity contribution >= 4 is 49.4 Å². The van der Waals surface area contributed by atoms with E-state index in [0.717, 1.165) is 0 Å². The van der Waals surface area contributed by atoms with Gasteiger partial charge in [0.25, 0.3) is 5.69 Å². The molecule has 348 valence electrons. The van der Waals surface area contributed by atoms with E-state index >= 15 is 35.1 Å². The molecule has 0 aliphatic heterocycles. The lowest BCUT2D eigenvalue weighted by Gasteiger charge is -2.44. The molecule has 5 nitrogen and oxygen atoms in total. The van der Waals surface area contributed by atoms with Gasteiger partial charge in [-0.05, 0) is 12.1 Å². The molecule has 0 aliphatic rings. The Balaban J connectivity index is 0.000000324. The average Bonchev–Trinajstić information content (AvgIpc) is 3.29. The molecule has 0 aliphatic carbocycles. The van der Waals surface area contributed by atoms with Crippen molar-refractivity contribution in [2.24, 2.45) is 0 Å². The molecule has 66 heavy (non-hydrogen) atoms. The van der Waals surface area contributed by atoms with E-state index in [9.17, 15) is 71.8 Å². The standard InChI is InChI=1S/C24BF20.C15H14NO4S/c26-5-1(6(27)14(35)21(42)13(5)34)25(2-7(28)15(36)22(43)16(37)8(2)29,3-9(30)17(38)23(44)18(39)10(3)31)4-11(32)19(40)24(45)20(41)12(4)33;1-21(20,11-15(17)12-5-3-2-4-6-12)14-9-7-13(8-10-14)16(18)19/h;2-10H,11H2,1H3/q-1;+1. The fourth-order valence-corrected chi connectivity index (χ4v) is 8.32. The number of ketones is 1. The average molecular weight is 983 g/mol. The summed E-state index contributed by atoms with van der Waals surface area (Å²) in [6.45, 7) is 0. The molecule has 0 aromatic heterocycles. The Kier molecular flexibility index (Phi) is 13.9. The number of nitro benzene ring substituents is 1. The summed E-state index contributed by atoms with van der Waals surface area (Å²) in [6, 6.07) is 14.1. The minimum Gasteiger partial charge on any atom is -0.289 e. The van der Waals surface area contributed by atoms with Gasteiger partial charge >= 0.3 is 0 Å². The topological polar surface area (TPSA) is 77.3 Å². The first kappa shape index (κ1) is 50.2. The highest BCUT2D eigenvalue weighted by molar-refractivity contribution is 8.03. The van der Waals surface area contributed by atoms with Crippen LogP contribution in [0.5, 0.6) is 0 Å². The quantitative estimate of drug-likeness (QED) is 0.0212. The minimum atomic E-state index is -7.22. The largest absolute Gasteiger partial charge is 0.289 e. The van der Waals surface area contributed by atoms with E-state index in [-0.39, 0.29) is 17.2 Å². The van der Waals surface area contributed by atoms with Gasteiger partial charge in [0.1, 0.15) is 68.9 Å². The van der Waals surface area contributed by atoms with Crippen molar-refractivity contribution in [3.8, 4) is 0 Å². The van der Waals surface area contributed by atoms with Crippen molar-refractivity contribution in [1.29, 1.82) is 0 Å². The van der Waals surface area contributed by atoms with E-state index in [0.29, 0.717) is 10.5 Å². The smallest absolute Gasteiger partial charge is 0.269 e. The number of carbonyl (C=O) groups is 1. The molecule has 6 aromatic rings. The number of carbonyl (C=O) groups excluding carboxylic acids is 1. The van der Waals surface area contributed by atoms with Crippen LogP contribution in [-0.2, 0) is 14.1 Å². The van der Waals surface area contributed by atoms with Crippen molar-refractivity contribution in [3.63, 3.8) is 0 Å². The second-order valence-electron chi connectivity index (χ2n) is 13.5. The molecule has 1 unspecified atom stereocenters. The molecule has 0 saturated carbocycles. The number of nitrogens with zero attached hydrogens (tertiary/aromatic N) is 1. The molecule has 0 heterocycles. The van der Waals surface area contributed by atoms with Crippen molar-refractivity contribution in [1.82, 2.24) is 0 Å². The van der Waals surface area contributed by atoms with Crippen LogP contribution in [0.3, 0.4) is 0 Å². The molecular formula is C39H14BF20NO4S. The highest BCUT2D eigenvalue weighted by atomic mass is 32.2. The van der Waals surface area contributed by atoms with E-state index in [1.165, 1.54) is 30.5 Å². The summed E-state index contributed by atoms with van der Waals surface area (Å²) in [6.07, 6.45) is -5.72. The van der Waals surface area contributed by atoms with Gasteiger partial charge in [0.05, 0.1) is 4.92 Å². The first-order valence-electron chi connectivity index (χ1n) is 17.1. The van der Waals surface area contributed by atoms with Gasteiger partial charge in [-0.2, -0.15) is 0 Å². The van der Waals surface area contributed by atoms with Crippen LogP contribution in [-0.4, -0.2) is 28.9 Å². The van der Waals surface area contributed by atoms with Crippen molar-refractivity contribution in [2.45, 2.75) is 4.90 Å². The van der Waals surface area contributed by atoms with Crippen LogP contribution >= 0.6 is 0 Å². The van der Waals surface area contributed by atoms with Crippen molar-refractivity contribution in [2.75, 3.05) is 12.0 Å². The third kappa shape index (κ3) is 8.01. The Bertz CT molecular complexity index is 2670. The zero-order valence-corrected chi connectivity index (χ0v) is 32.3. The minimum absolute atomic E-state index is 0.0664. The normalized spacial score (nSPS) is 12.4. The van der Waals surface area contributed by atoms with Crippen LogP contribution in [0.15, 0.2) is 59.5 Å². The molecular weight excluding hydrogens is 969 g/mol. The predicted octanol–water partition coefficient (Wildman–Crippen LogP) is 8.81. The maximum absolute atomic E-state index is 15.4.